The minimum absolute atomic E-state index is 0.126. The molecule has 0 saturated heterocycles. The Bertz CT molecular complexity index is 602. The molecule has 0 unspecified atom stereocenters. The maximum Gasteiger partial charge on any atom is 0.416 e. The Morgan fingerprint density at radius 3 is 2.26 bits per heavy atom. The molecule has 0 spiro atoms. The third-order valence-electron chi connectivity index (χ3n) is 3.73. The molecular weight excluding hydrogens is 309 g/mol. The zero-order valence-corrected chi connectivity index (χ0v) is 13.6. The first-order valence-electron chi connectivity index (χ1n) is 7.37. The lowest BCUT2D eigenvalue weighted by atomic mass is 10.00. The number of rotatable bonds is 3. The molecule has 2 rings (SSSR count). The van der Waals surface area contributed by atoms with Crippen molar-refractivity contribution in [3.63, 3.8) is 0 Å². The molecule has 1 aliphatic rings. The van der Waals surface area contributed by atoms with Gasteiger partial charge in [-0.25, -0.2) is 4.79 Å². The van der Waals surface area contributed by atoms with Crippen LogP contribution in [-0.2, 0) is 16.5 Å². The highest BCUT2D eigenvalue weighted by Crippen LogP contribution is 2.48. The molecule has 0 aromatic heterocycles. The van der Waals surface area contributed by atoms with Gasteiger partial charge in [-0.05, 0) is 58.4 Å². The van der Waals surface area contributed by atoms with E-state index < -0.39 is 23.4 Å². The Morgan fingerprint density at radius 1 is 1.22 bits per heavy atom. The summed E-state index contributed by atoms with van der Waals surface area (Å²) < 4.78 is 44.0. The molecule has 7 heteroatoms. The smallest absolute Gasteiger partial charge is 0.416 e. The standard InChI is InChI=1S/C16H21F3N2O2/c1-14(2,3)23-13(22)21-12-9-10(16(17,18)19)5-6-11(12)15(20-4)7-8-15/h5-6,9,20H,7-8H2,1-4H3,(H,21,22). The van der Waals surface area contributed by atoms with Crippen molar-refractivity contribution in [2.24, 2.45) is 0 Å². The van der Waals surface area contributed by atoms with E-state index >= 15 is 0 Å². The number of amides is 1. The Kier molecular flexibility index (Phi) is 4.36. The predicted molar refractivity (Wildman–Crippen MR) is 81.3 cm³/mol. The monoisotopic (exact) mass is 330 g/mol. The Morgan fingerprint density at radius 2 is 1.83 bits per heavy atom. The Balaban J connectivity index is 2.35. The van der Waals surface area contributed by atoms with E-state index in [4.69, 9.17) is 4.74 Å². The number of carbonyl (C=O) groups is 1. The number of benzene rings is 1. The molecule has 1 aliphatic carbocycles. The Hall–Kier alpha value is -1.76. The average molecular weight is 330 g/mol. The molecule has 0 atom stereocenters. The van der Waals surface area contributed by atoms with Crippen molar-refractivity contribution in [3.8, 4) is 0 Å². The molecule has 1 amide bonds. The molecule has 1 aromatic carbocycles. The van der Waals surface area contributed by atoms with Crippen molar-refractivity contribution in [1.82, 2.24) is 5.32 Å². The van der Waals surface area contributed by atoms with Crippen LogP contribution in [0, 0.1) is 0 Å². The van der Waals surface area contributed by atoms with Crippen LogP contribution in [0.15, 0.2) is 18.2 Å². The number of ether oxygens (including phenoxy) is 1. The van der Waals surface area contributed by atoms with Gasteiger partial charge < -0.3 is 10.1 Å². The maximum atomic E-state index is 12.9. The van der Waals surface area contributed by atoms with Gasteiger partial charge >= 0.3 is 12.3 Å². The summed E-state index contributed by atoms with van der Waals surface area (Å²) in [6.07, 6.45) is -3.64. The normalized spacial score (nSPS) is 16.8. The van der Waals surface area contributed by atoms with Crippen LogP contribution in [0.25, 0.3) is 0 Å². The van der Waals surface area contributed by atoms with Gasteiger partial charge in [-0.1, -0.05) is 6.07 Å². The van der Waals surface area contributed by atoms with Gasteiger partial charge in [-0.2, -0.15) is 13.2 Å². The van der Waals surface area contributed by atoms with E-state index in [9.17, 15) is 18.0 Å². The minimum Gasteiger partial charge on any atom is -0.444 e. The summed E-state index contributed by atoms with van der Waals surface area (Å²) in [6.45, 7) is 5.07. The second-order valence-corrected chi connectivity index (χ2v) is 6.72. The maximum absolute atomic E-state index is 12.9. The third kappa shape index (κ3) is 4.16. The quantitative estimate of drug-likeness (QED) is 0.870. The van der Waals surface area contributed by atoms with Crippen molar-refractivity contribution in [2.75, 3.05) is 12.4 Å². The van der Waals surface area contributed by atoms with E-state index in [0.29, 0.717) is 5.56 Å². The fourth-order valence-electron chi connectivity index (χ4n) is 2.43. The summed E-state index contributed by atoms with van der Waals surface area (Å²) in [7, 11) is 1.75. The largest absolute Gasteiger partial charge is 0.444 e. The number of hydrogen-bond acceptors (Lipinski definition) is 3. The summed E-state index contributed by atoms with van der Waals surface area (Å²) in [5.41, 5.74) is -1.15. The number of halogens is 3. The first-order valence-corrected chi connectivity index (χ1v) is 7.37. The lowest BCUT2D eigenvalue weighted by Gasteiger charge is -2.23. The SMILES string of the molecule is CNC1(c2ccc(C(F)(F)F)cc2NC(=O)OC(C)(C)C)CC1. The first-order chi connectivity index (χ1) is 10.5. The van der Waals surface area contributed by atoms with E-state index in [2.05, 4.69) is 10.6 Å². The number of nitrogens with one attached hydrogen (secondary N) is 2. The lowest BCUT2D eigenvalue weighted by molar-refractivity contribution is -0.137. The van der Waals surface area contributed by atoms with Crippen LogP contribution < -0.4 is 10.6 Å². The molecule has 2 N–H and O–H groups in total. The van der Waals surface area contributed by atoms with E-state index in [-0.39, 0.29) is 11.2 Å². The van der Waals surface area contributed by atoms with E-state index in [1.54, 1.807) is 27.8 Å². The molecule has 0 radical (unpaired) electrons. The first kappa shape index (κ1) is 17.6. The second kappa shape index (κ2) is 5.70. The Labute approximate surface area is 133 Å². The van der Waals surface area contributed by atoms with Crippen molar-refractivity contribution in [2.45, 2.75) is 50.9 Å². The molecule has 1 fully saturated rings. The van der Waals surface area contributed by atoms with Crippen LogP contribution in [0.4, 0.5) is 23.7 Å². The molecule has 1 saturated carbocycles. The van der Waals surface area contributed by atoms with Gasteiger partial charge in [-0.15, -0.1) is 0 Å². The summed E-state index contributed by atoms with van der Waals surface area (Å²) in [5.74, 6) is 0. The molecule has 0 aliphatic heterocycles. The van der Waals surface area contributed by atoms with Gasteiger partial charge in [-0.3, -0.25) is 5.32 Å². The summed E-state index contributed by atoms with van der Waals surface area (Å²) >= 11 is 0. The topological polar surface area (TPSA) is 50.4 Å². The van der Waals surface area contributed by atoms with Gasteiger partial charge in [0, 0.05) is 11.2 Å². The van der Waals surface area contributed by atoms with E-state index in [1.165, 1.54) is 6.07 Å². The third-order valence-corrected chi connectivity index (χ3v) is 3.73. The molecule has 4 nitrogen and oxygen atoms in total. The van der Waals surface area contributed by atoms with Crippen molar-refractivity contribution >= 4 is 11.8 Å². The number of carbonyl (C=O) groups excluding carboxylic acids is 1. The van der Waals surface area contributed by atoms with Crippen molar-refractivity contribution in [3.05, 3.63) is 29.3 Å². The zero-order chi connectivity index (χ0) is 17.5. The van der Waals surface area contributed by atoms with Crippen LogP contribution in [0.3, 0.4) is 0 Å². The fourth-order valence-corrected chi connectivity index (χ4v) is 2.43. The van der Waals surface area contributed by atoms with E-state index in [1.807, 2.05) is 0 Å². The lowest BCUT2D eigenvalue weighted by Crippen LogP contribution is -2.30. The molecule has 1 aromatic rings. The van der Waals surface area contributed by atoms with E-state index in [0.717, 1.165) is 25.0 Å². The van der Waals surface area contributed by atoms with Gasteiger partial charge in [0.15, 0.2) is 0 Å². The minimum atomic E-state index is -4.47. The van der Waals surface area contributed by atoms with Crippen LogP contribution in [0.5, 0.6) is 0 Å². The summed E-state index contributed by atoms with van der Waals surface area (Å²) in [6, 6.07) is 3.41. The second-order valence-electron chi connectivity index (χ2n) is 6.72. The molecule has 128 valence electrons. The highest BCUT2D eigenvalue weighted by molar-refractivity contribution is 5.86. The van der Waals surface area contributed by atoms with Crippen LogP contribution in [0.2, 0.25) is 0 Å². The van der Waals surface area contributed by atoms with Crippen molar-refractivity contribution in [1.29, 1.82) is 0 Å². The average Bonchev–Trinajstić information content (AvgIpc) is 3.16. The highest BCUT2D eigenvalue weighted by atomic mass is 19.4. The van der Waals surface area contributed by atoms with Crippen LogP contribution in [-0.4, -0.2) is 18.7 Å². The number of alkyl halides is 3. The molecule has 0 bridgehead atoms. The molecule has 23 heavy (non-hydrogen) atoms. The molecular formula is C16H21F3N2O2. The zero-order valence-electron chi connectivity index (χ0n) is 13.6. The van der Waals surface area contributed by atoms with Crippen molar-refractivity contribution < 1.29 is 22.7 Å². The van der Waals surface area contributed by atoms with Crippen LogP contribution in [0.1, 0.15) is 44.7 Å². The van der Waals surface area contributed by atoms with Gasteiger partial charge in [0.25, 0.3) is 0 Å². The molecule has 0 heterocycles. The van der Waals surface area contributed by atoms with Gasteiger partial charge in [0.1, 0.15) is 5.60 Å². The summed E-state index contributed by atoms with van der Waals surface area (Å²) in [4.78, 5) is 11.9. The number of hydrogen-bond donors (Lipinski definition) is 2. The highest BCUT2D eigenvalue weighted by Gasteiger charge is 2.45. The van der Waals surface area contributed by atoms with Crippen LogP contribution >= 0.6 is 0 Å². The van der Waals surface area contributed by atoms with Gasteiger partial charge in [0.2, 0.25) is 0 Å². The summed E-state index contributed by atoms with van der Waals surface area (Å²) in [5, 5.41) is 5.57. The predicted octanol–water partition coefficient (Wildman–Crippen LogP) is 4.26. The fraction of sp³-hybridized carbons (Fsp3) is 0.562. The number of anilines is 1. The van der Waals surface area contributed by atoms with Gasteiger partial charge in [0.05, 0.1) is 5.56 Å².